The van der Waals surface area contributed by atoms with Crippen LogP contribution in [0.15, 0.2) is 12.4 Å². The molecule has 0 aliphatic rings. The topological polar surface area (TPSA) is 46.9 Å². The Balaban J connectivity index is 0.000000791. The highest BCUT2D eigenvalue weighted by molar-refractivity contribution is 5.75. The Labute approximate surface area is 85.3 Å². The van der Waals surface area contributed by atoms with Crippen LogP contribution in [-0.2, 0) is 0 Å². The number of carbonyl (C=O) groups excluding carboxylic acids is 1. The molecule has 0 aliphatic carbocycles. The first-order valence-corrected chi connectivity index (χ1v) is 4.91. The fourth-order valence-corrected chi connectivity index (χ4v) is 0.837. The molecule has 1 heterocycles. The molecule has 1 amide bonds. The molecule has 0 aromatic carbocycles. The predicted octanol–water partition coefficient (Wildman–Crippen LogP) is 2.18. The van der Waals surface area contributed by atoms with Gasteiger partial charge in [0, 0.05) is 12.2 Å². The summed E-state index contributed by atoms with van der Waals surface area (Å²) >= 11 is 0. The van der Waals surface area contributed by atoms with Gasteiger partial charge in [0.25, 0.3) is 0 Å². The van der Waals surface area contributed by atoms with Crippen molar-refractivity contribution in [2.24, 2.45) is 0 Å². The number of nitrogens with one attached hydrogen (secondary N) is 1. The molecule has 0 fully saturated rings. The Bertz CT molecular complexity index is 279. The standard InChI is InChI=1S/C8H13N3O.C2H6/c1-6(2)10-8(12)11-5-7(3)4-9-11;1-2/h4-6H,1-3H3,(H,10,12);1-2H3. The van der Waals surface area contributed by atoms with Crippen LogP contribution in [-0.4, -0.2) is 21.9 Å². The van der Waals surface area contributed by atoms with Crippen molar-refractivity contribution in [3.63, 3.8) is 0 Å². The van der Waals surface area contributed by atoms with Gasteiger partial charge in [-0.1, -0.05) is 13.8 Å². The van der Waals surface area contributed by atoms with Gasteiger partial charge in [-0.25, -0.2) is 4.79 Å². The molecule has 80 valence electrons. The molecule has 0 spiro atoms. The van der Waals surface area contributed by atoms with Crippen molar-refractivity contribution in [2.45, 2.75) is 40.7 Å². The molecule has 1 rings (SSSR count). The summed E-state index contributed by atoms with van der Waals surface area (Å²) in [6.45, 7) is 9.72. The number of carbonyl (C=O) groups is 1. The average Bonchev–Trinajstić information content (AvgIpc) is 2.54. The minimum absolute atomic E-state index is 0.141. The van der Waals surface area contributed by atoms with Crippen molar-refractivity contribution >= 4 is 6.03 Å². The molecule has 0 radical (unpaired) electrons. The minimum Gasteiger partial charge on any atom is -0.334 e. The van der Waals surface area contributed by atoms with Crippen molar-refractivity contribution in [2.75, 3.05) is 0 Å². The summed E-state index contributed by atoms with van der Waals surface area (Å²) in [6.07, 6.45) is 3.34. The van der Waals surface area contributed by atoms with E-state index in [0.717, 1.165) is 5.56 Å². The number of rotatable bonds is 1. The maximum atomic E-state index is 11.3. The first kappa shape index (κ1) is 12.7. The zero-order valence-corrected chi connectivity index (χ0v) is 9.53. The van der Waals surface area contributed by atoms with E-state index < -0.39 is 0 Å². The molecule has 0 unspecified atom stereocenters. The monoisotopic (exact) mass is 197 g/mol. The van der Waals surface area contributed by atoms with Crippen LogP contribution in [0.25, 0.3) is 0 Å². The van der Waals surface area contributed by atoms with Gasteiger partial charge in [0.15, 0.2) is 0 Å². The van der Waals surface area contributed by atoms with Crippen LogP contribution >= 0.6 is 0 Å². The lowest BCUT2D eigenvalue weighted by Crippen LogP contribution is -2.34. The Morgan fingerprint density at radius 2 is 2.07 bits per heavy atom. The van der Waals surface area contributed by atoms with Crippen molar-refractivity contribution in [3.05, 3.63) is 18.0 Å². The van der Waals surface area contributed by atoms with Crippen LogP contribution in [0.3, 0.4) is 0 Å². The molecular formula is C10H19N3O. The summed E-state index contributed by atoms with van der Waals surface area (Å²) in [5, 5.41) is 6.61. The van der Waals surface area contributed by atoms with Crippen LogP contribution in [0.2, 0.25) is 0 Å². The van der Waals surface area contributed by atoms with Gasteiger partial charge in [0.2, 0.25) is 0 Å². The van der Waals surface area contributed by atoms with Crippen molar-refractivity contribution < 1.29 is 4.79 Å². The number of hydrogen-bond donors (Lipinski definition) is 1. The lowest BCUT2D eigenvalue weighted by Gasteiger charge is -2.06. The van der Waals surface area contributed by atoms with Crippen LogP contribution in [0.1, 0.15) is 33.3 Å². The van der Waals surface area contributed by atoms with Gasteiger partial charge in [-0.05, 0) is 26.3 Å². The van der Waals surface area contributed by atoms with E-state index in [1.807, 2.05) is 34.6 Å². The third-order valence-electron chi connectivity index (χ3n) is 1.33. The fourth-order valence-electron chi connectivity index (χ4n) is 0.837. The first-order valence-electron chi connectivity index (χ1n) is 4.91. The van der Waals surface area contributed by atoms with Gasteiger partial charge in [-0.2, -0.15) is 9.78 Å². The molecule has 1 aromatic heterocycles. The van der Waals surface area contributed by atoms with Gasteiger partial charge in [0.1, 0.15) is 0 Å². The molecular weight excluding hydrogens is 178 g/mol. The molecule has 0 bridgehead atoms. The zero-order chi connectivity index (χ0) is 11.1. The molecule has 4 nitrogen and oxygen atoms in total. The quantitative estimate of drug-likeness (QED) is 0.750. The molecule has 0 saturated carbocycles. The Morgan fingerprint density at radius 3 is 2.43 bits per heavy atom. The zero-order valence-electron chi connectivity index (χ0n) is 9.53. The van der Waals surface area contributed by atoms with E-state index in [1.54, 1.807) is 12.4 Å². The van der Waals surface area contributed by atoms with E-state index in [1.165, 1.54) is 4.68 Å². The highest BCUT2D eigenvalue weighted by atomic mass is 16.2. The highest BCUT2D eigenvalue weighted by Crippen LogP contribution is 1.93. The number of nitrogens with zero attached hydrogens (tertiary/aromatic N) is 2. The molecule has 1 N–H and O–H groups in total. The van der Waals surface area contributed by atoms with Gasteiger partial charge in [-0.3, -0.25) is 0 Å². The van der Waals surface area contributed by atoms with E-state index >= 15 is 0 Å². The van der Waals surface area contributed by atoms with E-state index in [0.29, 0.717) is 0 Å². The largest absolute Gasteiger partial charge is 0.342 e. The Morgan fingerprint density at radius 1 is 1.50 bits per heavy atom. The highest BCUT2D eigenvalue weighted by Gasteiger charge is 2.05. The summed E-state index contributed by atoms with van der Waals surface area (Å²) in [7, 11) is 0. The second-order valence-electron chi connectivity index (χ2n) is 3.07. The van der Waals surface area contributed by atoms with Gasteiger partial charge in [0.05, 0.1) is 6.20 Å². The van der Waals surface area contributed by atoms with Gasteiger partial charge in [-0.15, -0.1) is 0 Å². The van der Waals surface area contributed by atoms with Crippen LogP contribution in [0, 0.1) is 6.92 Å². The van der Waals surface area contributed by atoms with Crippen LogP contribution in [0.4, 0.5) is 4.79 Å². The van der Waals surface area contributed by atoms with E-state index in [2.05, 4.69) is 10.4 Å². The van der Waals surface area contributed by atoms with E-state index in [4.69, 9.17) is 0 Å². The summed E-state index contributed by atoms with van der Waals surface area (Å²) in [5.41, 5.74) is 0.980. The minimum atomic E-state index is -0.182. The molecule has 1 aromatic rings. The Kier molecular flexibility index (Phi) is 5.60. The van der Waals surface area contributed by atoms with Crippen LogP contribution < -0.4 is 5.32 Å². The lowest BCUT2D eigenvalue weighted by molar-refractivity contribution is 0.237. The van der Waals surface area contributed by atoms with Crippen LogP contribution in [0.5, 0.6) is 0 Å². The summed E-state index contributed by atoms with van der Waals surface area (Å²) < 4.78 is 1.30. The summed E-state index contributed by atoms with van der Waals surface area (Å²) in [6, 6.07) is -0.0416. The Hall–Kier alpha value is -1.32. The number of aromatic nitrogens is 2. The van der Waals surface area contributed by atoms with Gasteiger partial charge < -0.3 is 5.32 Å². The first-order chi connectivity index (χ1) is 6.59. The van der Waals surface area contributed by atoms with Crippen molar-refractivity contribution in [1.82, 2.24) is 15.1 Å². The SMILES string of the molecule is CC.Cc1cnn(C(=O)NC(C)C)c1. The van der Waals surface area contributed by atoms with E-state index in [-0.39, 0.29) is 12.1 Å². The fraction of sp³-hybridized carbons (Fsp3) is 0.600. The summed E-state index contributed by atoms with van der Waals surface area (Å²) in [4.78, 5) is 11.3. The predicted molar refractivity (Wildman–Crippen MR) is 57.4 cm³/mol. The number of aryl methyl sites for hydroxylation is 1. The van der Waals surface area contributed by atoms with Gasteiger partial charge >= 0.3 is 6.03 Å². The van der Waals surface area contributed by atoms with E-state index in [9.17, 15) is 4.79 Å². The van der Waals surface area contributed by atoms with Crippen molar-refractivity contribution in [1.29, 1.82) is 0 Å². The molecule has 4 heteroatoms. The number of amides is 1. The normalized spacial score (nSPS) is 9.29. The second-order valence-corrected chi connectivity index (χ2v) is 3.07. The maximum absolute atomic E-state index is 11.3. The average molecular weight is 197 g/mol. The smallest absolute Gasteiger partial charge is 0.334 e. The summed E-state index contributed by atoms with van der Waals surface area (Å²) in [5.74, 6) is 0. The third-order valence-corrected chi connectivity index (χ3v) is 1.33. The third kappa shape index (κ3) is 4.07. The maximum Gasteiger partial charge on any atom is 0.342 e. The molecule has 0 saturated heterocycles. The molecule has 14 heavy (non-hydrogen) atoms. The van der Waals surface area contributed by atoms with Crippen molar-refractivity contribution in [3.8, 4) is 0 Å². The second kappa shape index (κ2) is 6.18. The molecule has 0 aliphatic heterocycles. The number of hydrogen-bond acceptors (Lipinski definition) is 2. The lowest BCUT2D eigenvalue weighted by atomic mass is 10.4. The molecule has 0 atom stereocenters.